The minimum Gasteiger partial charge on any atom is -0.344 e. The second-order valence-corrected chi connectivity index (χ2v) is 3.47. The van der Waals surface area contributed by atoms with Gasteiger partial charge in [0.05, 0.1) is 5.44 Å². The third kappa shape index (κ3) is 2.69. The standard InChI is InChI=1S/C6H8F6OS/c1-3(14)13-4(2,5(7,8)9)6(10,11)12/h3,14H,1-2H3. The molecule has 8 heteroatoms. The van der Waals surface area contributed by atoms with Crippen LogP contribution in [0.2, 0.25) is 0 Å². The number of hydrogen-bond donors (Lipinski definition) is 1. The van der Waals surface area contributed by atoms with Crippen LogP contribution in [0, 0.1) is 0 Å². The van der Waals surface area contributed by atoms with Crippen molar-refractivity contribution in [3.63, 3.8) is 0 Å². The number of ether oxygens (including phenoxy) is 1. The fourth-order valence-electron chi connectivity index (χ4n) is 0.635. The number of rotatable bonds is 2. The van der Waals surface area contributed by atoms with E-state index in [0.717, 1.165) is 6.92 Å². The molecule has 0 aliphatic carbocycles. The van der Waals surface area contributed by atoms with Crippen LogP contribution in [-0.4, -0.2) is 23.4 Å². The predicted octanol–water partition coefficient (Wildman–Crippen LogP) is 3.16. The number of alkyl halides is 6. The fourth-order valence-corrected chi connectivity index (χ4v) is 0.846. The fraction of sp³-hybridized carbons (Fsp3) is 1.00. The molecule has 0 aliphatic heterocycles. The molecule has 0 aromatic rings. The van der Waals surface area contributed by atoms with Crippen LogP contribution in [-0.2, 0) is 4.74 Å². The monoisotopic (exact) mass is 242 g/mol. The van der Waals surface area contributed by atoms with E-state index in [9.17, 15) is 26.3 Å². The van der Waals surface area contributed by atoms with Gasteiger partial charge in [0.2, 0.25) is 0 Å². The SMILES string of the molecule is CC(S)OC(C)(C(F)(F)F)C(F)(F)F. The maximum Gasteiger partial charge on any atom is 0.426 e. The van der Waals surface area contributed by atoms with Gasteiger partial charge in [0.1, 0.15) is 0 Å². The van der Waals surface area contributed by atoms with E-state index in [4.69, 9.17) is 0 Å². The molecule has 0 amide bonds. The normalized spacial score (nSPS) is 16.9. The van der Waals surface area contributed by atoms with Crippen molar-refractivity contribution >= 4 is 12.6 Å². The molecule has 0 saturated carbocycles. The average Bonchev–Trinajstić information content (AvgIpc) is 1.79. The molecule has 0 bridgehead atoms. The topological polar surface area (TPSA) is 9.23 Å². The zero-order chi connectivity index (χ0) is 11.8. The first-order valence-electron chi connectivity index (χ1n) is 3.41. The summed E-state index contributed by atoms with van der Waals surface area (Å²) >= 11 is 3.33. The van der Waals surface area contributed by atoms with E-state index in [1.807, 2.05) is 0 Å². The highest BCUT2D eigenvalue weighted by Gasteiger charge is 2.69. The minimum absolute atomic E-state index is 0.0697. The maximum atomic E-state index is 12.1. The van der Waals surface area contributed by atoms with Gasteiger partial charge in [-0.3, -0.25) is 0 Å². The van der Waals surface area contributed by atoms with Crippen LogP contribution >= 0.6 is 12.6 Å². The van der Waals surface area contributed by atoms with E-state index in [0.29, 0.717) is 0 Å². The molecule has 0 saturated heterocycles. The van der Waals surface area contributed by atoms with E-state index >= 15 is 0 Å². The van der Waals surface area contributed by atoms with Gasteiger partial charge in [-0.05, 0) is 13.8 Å². The Bertz CT molecular complexity index is 181. The van der Waals surface area contributed by atoms with Gasteiger partial charge >= 0.3 is 12.4 Å². The molecule has 1 unspecified atom stereocenters. The Hall–Kier alpha value is -0.110. The first-order valence-corrected chi connectivity index (χ1v) is 3.93. The van der Waals surface area contributed by atoms with Crippen LogP contribution in [0.15, 0.2) is 0 Å². The largest absolute Gasteiger partial charge is 0.426 e. The zero-order valence-electron chi connectivity index (χ0n) is 7.20. The van der Waals surface area contributed by atoms with Crippen molar-refractivity contribution in [3.05, 3.63) is 0 Å². The van der Waals surface area contributed by atoms with Crippen LogP contribution in [0.5, 0.6) is 0 Å². The van der Waals surface area contributed by atoms with Gasteiger partial charge in [0, 0.05) is 0 Å². The summed E-state index contributed by atoms with van der Waals surface area (Å²) in [4.78, 5) is 0. The number of hydrogen-bond acceptors (Lipinski definition) is 2. The van der Waals surface area contributed by atoms with Crippen LogP contribution < -0.4 is 0 Å². The molecule has 0 radical (unpaired) electrons. The molecule has 1 nitrogen and oxygen atoms in total. The molecule has 0 spiro atoms. The van der Waals surface area contributed by atoms with Gasteiger partial charge in [-0.1, -0.05) is 0 Å². The van der Waals surface area contributed by atoms with Gasteiger partial charge in [-0.25, -0.2) is 0 Å². The molecule has 0 aliphatic rings. The zero-order valence-corrected chi connectivity index (χ0v) is 8.10. The highest BCUT2D eigenvalue weighted by Crippen LogP contribution is 2.46. The van der Waals surface area contributed by atoms with Crippen LogP contribution in [0.4, 0.5) is 26.3 Å². The molecule has 86 valence electrons. The van der Waals surface area contributed by atoms with E-state index in [2.05, 4.69) is 17.4 Å². The molecule has 0 N–H and O–H groups in total. The third-order valence-corrected chi connectivity index (χ3v) is 1.59. The number of thiol groups is 1. The van der Waals surface area contributed by atoms with Gasteiger partial charge in [0.25, 0.3) is 5.60 Å². The summed E-state index contributed by atoms with van der Waals surface area (Å²) in [5.74, 6) is 0. The Morgan fingerprint density at radius 1 is 1.00 bits per heavy atom. The molecular formula is C6H8F6OS. The molecule has 0 aromatic heterocycles. The molecule has 0 rings (SSSR count). The Morgan fingerprint density at radius 3 is 1.36 bits per heavy atom. The Balaban J connectivity index is 5.07. The summed E-state index contributed by atoms with van der Waals surface area (Å²) in [6.07, 6.45) is -11.1. The summed E-state index contributed by atoms with van der Waals surface area (Å²) in [6, 6.07) is 0. The van der Waals surface area contributed by atoms with E-state index in [1.54, 1.807) is 0 Å². The first-order chi connectivity index (χ1) is 5.92. The summed E-state index contributed by atoms with van der Waals surface area (Å²) in [6.45, 7) is 0.901. The second kappa shape index (κ2) is 3.80. The molecular weight excluding hydrogens is 234 g/mol. The lowest BCUT2D eigenvalue weighted by Crippen LogP contribution is -2.57. The molecule has 14 heavy (non-hydrogen) atoms. The summed E-state index contributed by atoms with van der Waals surface area (Å²) < 4.78 is 76.3. The van der Waals surface area contributed by atoms with Crippen LogP contribution in [0.25, 0.3) is 0 Å². The Labute approximate surface area is 81.8 Å². The lowest BCUT2D eigenvalue weighted by Gasteiger charge is -2.34. The van der Waals surface area contributed by atoms with Crippen molar-refractivity contribution in [2.75, 3.05) is 0 Å². The van der Waals surface area contributed by atoms with Crippen LogP contribution in [0.1, 0.15) is 13.8 Å². The maximum absolute atomic E-state index is 12.1. The van der Waals surface area contributed by atoms with Crippen molar-refractivity contribution in [3.8, 4) is 0 Å². The van der Waals surface area contributed by atoms with Crippen molar-refractivity contribution in [1.29, 1.82) is 0 Å². The highest BCUT2D eigenvalue weighted by atomic mass is 32.1. The first kappa shape index (κ1) is 13.9. The van der Waals surface area contributed by atoms with Gasteiger partial charge < -0.3 is 4.74 Å². The lowest BCUT2D eigenvalue weighted by molar-refractivity contribution is -0.375. The van der Waals surface area contributed by atoms with Crippen molar-refractivity contribution in [2.45, 2.75) is 37.2 Å². The van der Waals surface area contributed by atoms with E-state index in [-0.39, 0.29) is 6.92 Å². The lowest BCUT2D eigenvalue weighted by atomic mass is 10.1. The van der Waals surface area contributed by atoms with Crippen molar-refractivity contribution < 1.29 is 31.1 Å². The van der Waals surface area contributed by atoms with Crippen molar-refractivity contribution in [1.82, 2.24) is 0 Å². The molecule has 0 fully saturated rings. The minimum atomic E-state index is -5.53. The summed E-state index contributed by atoms with van der Waals surface area (Å²) in [7, 11) is 0. The number of halogens is 6. The smallest absolute Gasteiger partial charge is 0.344 e. The molecule has 0 aromatic carbocycles. The van der Waals surface area contributed by atoms with Gasteiger partial charge in [-0.15, -0.1) is 12.6 Å². The third-order valence-electron chi connectivity index (χ3n) is 1.49. The van der Waals surface area contributed by atoms with Crippen LogP contribution in [0.3, 0.4) is 0 Å². The quantitative estimate of drug-likeness (QED) is 0.444. The molecule has 1 atom stereocenters. The Morgan fingerprint density at radius 2 is 1.29 bits per heavy atom. The van der Waals surface area contributed by atoms with E-state index < -0.39 is 23.4 Å². The highest BCUT2D eigenvalue weighted by molar-refractivity contribution is 7.80. The van der Waals surface area contributed by atoms with Gasteiger partial charge in [-0.2, -0.15) is 26.3 Å². The summed E-state index contributed by atoms with van der Waals surface area (Å²) in [5, 5.41) is 0. The predicted molar refractivity (Wildman–Crippen MR) is 40.0 cm³/mol. The molecule has 0 heterocycles. The summed E-state index contributed by atoms with van der Waals surface area (Å²) in [5.41, 5.74) is -5.65. The average molecular weight is 242 g/mol. The second-order valence-electron chi connectivity index (χ2n) is 2.75. The Kier molecular flexibility index (Phi) is 3.77. The van der Waals surface area contributed by atoms with Gasteiger partial charge in [0.15, 0.2) is 0 Å². The van der Waals surface area contributed by atoms with E-state index in [1.165, 1.54) is 0 Å². The van der Waals surface area contributed by atoms with Crippen molar-refractivity contribution in [2.24, 2.45) is 0 Å².